The number of benzene rings is 1. The van der Waals surface area contributed by atoms with Gasteiger partial charge < -0.3 is 9.47 Å². The number of nitrogens with one attached hydrogen (secondary N) is 1. The number of hydrogen-bond acceptors (Lipinski definition) is 6. The summed E-state index contributed by atoms with van der Waals surface area (Å²) in [5.74, 6) is 1.22. The molecule has 0 aliphatic heterocycles. The molecule has 6 nitrogen and oxygen atoms in total. The second kappa shape index (κ2) is 8.55. The molecule has 0 saturated heterocycles. The number of alkyl halides is 1. The van der Waals surface area contributed by atoms with Crippen molar-refractivity contribution in [3.8, 4) is 11.5 Å². The number of amides is 1. The second-order valence-corrected chi connectivity index (χ2v) is 5.64. The van der Waals surface area contributed by atoms with E-state index in [2.05, 4.69) is 15.5 Å². The Morgan fingerprint density at radius 1 is 1.27 bits per heavy atom. The summed E-state index contributed by atoms with van der Waals surface area (Å²) >= 11 is 6.75. The van der Waals surface area contributed by atoms with Gasteiger partial charge in [-0.3, -0.25) is 10.1 Å². The molecule has 2 rings (SSSR count). The van der Waals surface area contributed by atoms with Crippen molar-refractivity contribution in [1.29, 1.82) is 0 Å². The van der Waals surface area contributed by atoms with Crippen molar-refractivity contribution in [1.82, 2.24) is 10.2 Å². The van der Waals surface area contributed by atoms with E-state index in [4.69, 9.17) is 21.1 Å². The zero-order valence-corrected chi connectivity index (χ0v) is 13.6. The van der Waals surface area contributed by atoms with Crippen LogP contribution in [-0.4, -0.2) is 35.7 Å². The zero-order valence-electron chi connectivity index (χ0n) is 12.0. The minimum atomic E-state index is -0.285. The molecule has 0 fully saturated rings. The van der Waals surface area contributed by atoms with Crippen LogP contribution >= 0.6 is 22.9 Å². The predicted molar refractivity (Wildman–Crippen MR) is 86.1 cm³/mol. The minimum absolute atomic E-state index is 0.0926. The van der Waals surface area contributed by atoms with E-state index in [9.17, 15) is 4.79 Å². The van der Waals surface area contributed by atoms with Crippen molar-refractivity contribution in [2.24, 2.45) is 0 Å². The lowest BCUT2D eigenvalue weighted by Gasteiger charge is -2.06. The normalized spacial score (nSPS) is 10.3. The van der Waals surface area contributed by atoms with E-state index in [0.717, 1.165) is 29.3 Å². The Labute approximate surface area is 137 Å². The molecule has 0 aliphatic rings. The predicted octanol–water partition coefficient (Wildman–Crippen LogP) is 2.74. The molecule has 118 valence electrons. The summed E-state index contributed by atoms with van der Waals surface area (Å²) in [6, 6.07) is 7.44. The van der Waals surface area contributed by atoms with Crippen LogP contribution in [0.1, 0.15) is 11.4 Å². The van der Waals surface area contributed by atoms with Gasteiger partial charge in [0.2, 0.25) is 11.0 Å². The topological polar surface area (TPSA) is 73.3 Å². The lowest BCUT2D eigenvalue weighted by Crippen LogP contribution is -2.12. The summed E-state index contributed by atoms with van der Waals surface area (Å²) in [6.07, 6.45) is 1.55. The number of nitrogens with zero attached hydrogens (tertiary/aromatic N) is 2. The van der Waals surface area contributed by atoms with E-state index in [-0.39, 0.29) is 11.8 Å². The summed E-state index contributed by atoms with van der Waals surface area (Å²) in [5.41, 5.74) is 0. The highest BCUT2D eigenvalue weighted by atomic mass is 35.5. The van der Waals surface area contributed by atoms with E-state index in [1.165, 1.54) is 11.3 Å². The Balaban J connectivity index is 1.71. The molecule has 0 unspecified atom stereocenters. The first-order valence-corrected chi connectivity index (χ1v) is 8.01. The molecule has 8 heteroatoms. The number of ether oxygens (including phenoxy) is 2. The van der Waals surface area contributed by atoms with Crippen molar-refractivity contribution in [3.05, 3.63) is 29.3 Å². The largest absolute Gasteiger partial charge is 0.497 e. The quantitative estimate of drug-likeness (QED) is 0.590. The third kappa shape index (κ3) is 5.16. The average molecular weight is 342 g/mol. The van der Waals surface area contributed by atoms with Gasteiger partial charge in [-0.15, -0.1) is 21.8 Å². The number of anilines is 1. The molecule has 1 aromatic carbocycles. The van der Waals surface area contributed by atoms with Gasteiger partial charge in [0.15, 0.2) is 0 Å². The maximum Gasteiger partial charge on any atom is 0.241 e. The number of aromatic nitrogens is 2. The van der Waals surface area contributed by atoms with Gasteiger partial charge in [-0.2, -0.15) is 0 Å². The number of methoxy groups -OCH3 is 1. The first-order chi connectivity index (χ1) is 10.7. The molecule has 0 radical (unpaired) electrons. The van der Waals surface area contributed by atoms with Crippen LogP contribution in [0.4, 0.5) is 5.13 Å². The average Bonchev–Trinajstić information content (AvgIpc) is 2.99. The lowest BCUT2D eigenvalue weighted by atomic mass is 10.3. The van der Waals surface area contributed by atoms with Crippen LogP contribution in [0, 0.1) is 0 Å². The Bertz CT molecular complexity index is 604. The van der Waals surface area contributed by atoms with Crippen LogP contribution < -0.4 is 14.8 Å². The molecule has 0 bridgehead atoms. The van der Waals surface area contributed by atoms with Crippen LogP contribution in [0.2, 0.25) is 0 Å². The zero-order chi connectivity index (χ0) is 15.8. The summed E-state index contributed by atoms with van der Waals surface area (Å²) in [5, 5.41) is 11.8. The molecule has 1 aromatic heterocycles. The molecule has 22 heavy (non-hydrogen) atoms. The molecular weight excluding hydrogens is 326 g/mol. The third-order valence-electron chi connectivity index (χ3n) is 2.70. The van der Waals surface area contributed by atoms with Crippen molar-refractivity contribution in [3.63, 3.8) is 0 Å². The number of carbonyl (C=O) groups excluding carboxylic acids is 1. The van der Waals surface area contributed by atoms with Crippen LogP contribution in [0.25, 0.3) is 0 Å². The first-order valence-electron chi connectivity index (χ1n) is 6.66. The molecule has 0 saturated carbocycles. The number of aryl methyl sites for hydroxylation is 1. The van der Waals surface area contributed by atoms with Gasteiger partial charge in [0.1, 0.15) is 22.4 Å². The molecule has 0 spiro atoms. The summed E-state index contributed by atoms with van der Waals surface area (Å²) < 4.78 is 10.7. The van der Waals surface area contributed by atoms with Gasteiger partial charge in [0, 0.05) is 6.42 Å². The smallest absolute Gasteiger partial charge is 0.241 e. The molecular formula is C14H16ClN3O3S. The maximum absolute atomic E-state index is 11.1. The fourth-order valence-electron chi connectivity index (χ4n) is 1.64. The summed E-state index contributed by atoms with van der Waals surface area (Å²) in [7, 11) is 1.63. The van der Waals surface area contributed by atoms with E-state index >= 15 is 0 Å². The standard InChI is InChI=1S/C14H16ClN3O3S/c1-20-10-4-6-11(7-5-10)21-8-2-3-13-17-18-14(22-13)16-12(19)9-15/h4-7H,2-3,8-9H2,1H3,(H,16,18,19). The van der Waals surface area contributed by atoms with E-state index in [0.29, 0.717) is 11.7 Å². The Morgan fingerprint density at radius 3 is 2.68 bits per heavy atom. The van der Waals surface area contributed by atoms with Gasteiger partial charge in [-0.25, -0.2) is 0 Å². The number of halogens is 1. The molecule has 1 N–H and O–H groups in total. The summed E-state index contributed by atoms with van der Waals surface area (Å²) in [4.78, 5) is 11.1. The maximum atomic E-state index is 11.1. The van der Waals surface area contributed by atoms with Gasteiger partial charge in [0.05, 0.1) is 13.7 Å². The monoisotopic (exact) mass is 341 g/mol. The highest BCUT2D eigenvalue weighted by Gasteiger charge is 2.07. The Hall–Kier alpha value is -1.86. The van der Waals surface area contributed by atoms with Gasteiger partial charge in [-0.05, 0) is 30.7 Å². The van der Waals surface area contributed by atoms with Crippen molar-refractivity contribution < 1.29 is 14.3 Å². The molecule has 0 aliphatic carbocycles. The van der Waals surface area contributed by atoms with Crippen LogP contribution in [0.5, 0.6) is 11.5 Å². The molecule has 0 atom stereocenters. The second-order valence-electron chi connectivity index (χ2n) is 4.31. The van der Waals surface area contributed by atoms with Gasteiger partial charge in [-0.1, -0.05) is 11.3 Å². The van der Waals surface area contributed by atoms with Crippen LogP contribution in [0.15, 0.2) is 24.3 Å². The van der Waals surface area contributed by atoms with Crippen molar-refractivity contribution >= 4 is 34.0 Å². The van der Waals surface area contributed by atoms with Gasteiger partial charge >= 0.3 is 0 Å². The fraction of sp³-hybridized carbons (Fsp3) is 0.357. The van der Waals surface area contributed by atoms with Crippen LogP contribution in [-0.2, 0) is 11.2 Å². The number of hydrogen-bond donors (Lipinski definition) is 1. The van der Waals surface area contributed by atoms with E-state index in [1.54, 1.807) is 7.11 Å². The molecule has 2 aromatic rings. The highest BCUT2D eigenvalue weighted by molar-refractivity contribution is 7.15. The number of rotatable bonds is 8. The SMILES string of the molecule is COc1ccc(OCCCc2nnc(NC(=O)CCl)s2)cc1. The van der Waals surface area contributed by atoms with Crippen LogP contribution in [0.3, 0.4) is 0 Å². The first kappa shape index (κ1) is 16.5. The highest BCUT2D eigenvalue weighted by Crippen LogP contribution is 2.19. The van der Waals surface area contributed by atoms with Crippen molar-refractivity contribution in [2.75, 3.05) is 24.9 Å². The van der Waals surface area contributed by atoms with Gasteiger partial charge in [0.25, 0.3) is 0 Å². The number of carbonyl (C=O) groups is 1. The third-order valence-corrected chi connectivity index (χ3v) is 3.84. The van der Waals surface area contributed by atoms with E-state index < -0.39 is 0 Å². The molecule has 1 amide bonds. The minimum Gasteiger partial charge on any atom is -0.497 e. The Kier molecular flexibility index (Phi) is 6.42. The Morgan fingerprint density at radius 2 is 2.00 bits per heavy atom. The fourth-order valence-corrected chi connectivity index (χ4v) is 2.51. The van der Waals surface area contributed by atoms with Crippen molar-refractivity contribution in [2.45, 2.75) is 12.8 Å². The lowest BCUT2D eigenvalue weighted by molar-refractivity contribution is -0.113. The summed E-state index contributed by atoms with van der Waals surface area (Å²) in [6.45, 7) is 0.579. The van der Waals surface area contributed by atoms with E-state index in [1.807, 2.05) is 24.3 Å². The molecule has 1 heterocycles.